The van der Waals surface area contributed by atoms with Gasteiger partial charge in [0.05, 0.1) is 5.69 Å². The molecule has 3 heterocycles. The molecular weight excluding hydrogens is 294 g/mol. The largest absolute Gasteiger partial charge is 0.337 e. The average molecular weight is 315 g/mol. The van der Waals surface area contributed by atoms with Gasteiger partial charge in [0, 0.05) is 38.9 Å². The molecule has 0 atom stereocenters. The van der Waals surface area contributed by atoms with Crippen LogP contribution in [0.25, 0.3) is 0 Å². The summed E-state index contributed by atoms with van der Waals surface area (Å²) in [6.45, 7) is 3.91. The van der Waals surface area contributed by atoms with Crippen molar-refractivity contribution in [2.45, 2.75) is 26.3 Å². The van der Waals surface area contributed by atoms with Crippen LogP contribution in [-0.2, 0) is 13.6 Å². The first-order valence-corrected chi connectivity index (χ1v) is 7.86. The van der Waals surface area contributed by atoms with E-state index in [-0.39, 0.29) is 11.5 Å². The quantitative estimate of drug-likeness (QED) is 0.841. The van der Waals surface area contributed by atoms with E-state index >= 15 is 0 Å². The van der Waals surface area contributed by atoms with Crippen LogP contribution in [0.1, 0.15) is 29.0 Å². The molecule has 2 aromatic rings. The number of hydrogen-bond donors (Lipinski definition) is 0. The smallest absolute Gasteiger partial charge is 0.272 e. The highest BCUT2D eigenvalue weighted by molar-refractivity contribution is 5.92. The highest BCUT2D eigenvalue weighted by Gasteiger charge is 2.25. The topological polar surface area (TPSA) is 73.0 Å². The fourth-order valence-electron chi connectivity index (χ4n) is 2.99. The maximum atomic E-state index is 12.4. The fraction of sp³-hybridized carbons (Fsp3) is 0.500. The molecule has 0 spiro atoms. The lowest BCUT2D eigenvalue weighted by Crippen LogP contribution is -2.41. The first-order chi connectivity index (χ1) is 11.0. The number of aromatic nitrogens is 4. The number of rotatable bonds is 3. The summed E-state index contributed by atoms with van der Waals surface area (Å²) in [5.41, 5.74) is 1.39. The van der Waals surface area contributed by atoms with Crippen LogP contribution in [0.5, 0.6) is 0 Å². The van der Waals surface area contributed by atoms with Crippen LogP contribution in [-0.4, -0.2) is 43.5 Å². The molecular formula is C16H21N5O2. The molecule has 1 fully saturated rings. The van der Waals surface area contributed by atoms with Crippen molar-refractivity contribution in [3.05, 3.63) is 46.1 Å². The SMILES string of the molecule is Cc1ccc(=O)n(CC2CCN(C(=O)c3ccnn3C)CC2)n1. The van der Waals surface area contributed by atoms with Gasteiger partial charge in [0.1, 0.15) is 5.69 Å². The van der Waals surface area contributed by atoms with E-state index in [9.17, 15) is 9.59 Å². The second-order valence-corrected chi connectivity index (χ2v) is 6.07. The summed E-state index contributed by atoms with van der Waals surface area (Å²) >= 11 is 0. The van der Waals surface area contributed by atoms with Gasteiger partial charge in [-0.15, -0.1) is 0 Å². The van der Waals surface area contributed by atoms with Gasteiger partial charge in [0.15, 0.2) is 0 Å². The van der Waals surface area contributed by atoms with Gasteiger partial charge in [0.25, 0.3) is 11.5 Å². The van der Waals surface area contributed by atoms with Crippen molar-refractivity contribution in [3.63, 3.8) is 0 Å². The van der Waals surface area contributed by atoms with Crippen molar-refractivity contribution in [3.8, 4) is 0 Å². The van der Waals surface area contributed by atoms with Crippen LogP contribution in [0.2, 0.25) is 0 Å². The molecule has 0 N–H and O–H groups in total. The van der Waals surface area contributed by atoms with Gasteiger partial charge >= 0.3 is 0 Å². The van der Waals surface area contributed by atoms with Gasteiger partial charge < -0.3 is 4.90 Å². The molecule has 0 bridgehead atoms. The number of amides is 1. The molecule has 1 saturated heterocycles. The summed E-state index contributed by atoms with van der Waals surface area (Å²) in [5.74, 6) is 0.395. The predicted molar refractivity (Wildman–Crippen MR) is 85.1 cm³/mol. The van der Waals surface area contributed by atoms with Crippen molar-refractivity contribution >= 4 is 5.91 Å². The first kappa shape index (κ1) is 15.5. The normalized spacial score (nSPS) is 15.8. The maximum absolute atomic E-state index is 12.4. The number of aryl methyl sites for hydroxylation is 2. The van der Waals surface area contributed by atoms with Gasteiger partial charge in [-0.3, -0.25) is 14.3 Å². The molecule has 0 radical (unpaired) electrons. The van der Waals surface area contributed by atoms with Crippen molar-refractivity contribution in [1.29, 1.82) is 0 Å². The van der Waals surface area contributed by atoms with E-state index in [1.807, 2.05) is 11.8 Å². The molecule has 3 rings (SSSR count). The Bertz CT molecular complexity index is 756. The zero-order valence-corrected chi connectivity index (χ0v) is 13.5. The summed E-state index contributed by atoms with van der Waals surface area (Å²) in [7, 11) is 1.77. The molecule has 0 saturated carbocycles. The maximum Gasteiger partial charge on any atom is 0.272 e. The Labute approximate surface area is 134 Å². The van der Waals surface area contributed by atoms with Crippen molar-refractivity contribution in [1.82, 2.24) is 24.5 Å². The molecule has 0 unspecified atom stereocenters. The molecule has 7 nitrogen and oxygen atoms in total. The van der Waals surface area contributed by atoms with Crippen LogP contribution in [0.4, 0.5) is 0 Å². The highest BCUT2D eigenvalue weighted by Crippen LogP contribution is 2.20. The number of piperidine rings is 1. The Morgan fingerprint density at radius 1 is 1.26 bits per heavy atom. The molecule has 1 aliphatic rings. The number of carbonyl (C=O) groups excluding carboxylic acids is 1. The first-order valence-electron chi connectivity index (χ1n) is 7.86. The Morgan fingerprint density at radius 3 is 2.65 bits per heavy atom. The predicted octanol–water partition coefficient (Wildman–Crippen LogP) is 0.838. The van der Waals surface area contributed by atoms with Crippen LogP contribution in [0.15, 0.2) is 29.2 Å². The molecule has 0 aliphatic carbocycles. The third kappa shape index (κ3) is 3.33. The van der Waals surface area contributed by atoms with Crippen LogP contribution in [0, 0.1) is 12.8 Å². The second kappa shape index (κ2) is 6.36. The van der Waals surface area contributed by atoms with E-state index in [0.29, 0.717) is 31.2 Å². The minimum Gasteiger partial charge on any atom is -0.337 e. The van der Waals surface area contributed by atoms with E-state index in [0.717, 1.165) is 18.5 Å². The van der Waals surface area contributed by atoms with Gasteiger partial charge in [-0.25, -0.2) is 4.68 Å². The van der Waals surface area contributed by atoms with E-state index in [1.165, 1.54) is 0 Å². The Hall–Kier alpha value is -2.44. The number of likely N-dealkylation sites (tertiary alicyclic amines) is 1. The minimum absolute atomic E-state index is 0.0225. The summed E-state index contributed by atoms with van der Waals surface area (Å²) in [4.78, 5) is 26.1. The molecule has 2 aromatic heterocycles. The number of carbonyl (C=O) groups is 1. The van der Waals surface area contributed by atoms with Crippen molar-refractivity contribution in [2.24, 2.45) is 13.0 Å². The molecule has 7 heteroatoms. The zero-order valence-electron chi connectivity index (χ0n) is 13.5. The lowest BCUT2D eigenvalue weighted by Gasteiger charge is -2.32. The lowest BCUT2D eigenvalue weighted by molar-refractivity contribution is 0.0669. The zero-order chi connectivity index (χ0) is 16.4. The van der Waals surface area contributed by atoms with Crippen LogP contribution >= 0.6 is 0 Å². The third-order valence-corrected chi connectivity index (χ3v) is 4.37. The molecule has 0 aromatic carbocycles. The van der Waals surface area contributed by atoms with Gasteiger partial charge in [-0.1, -0.05) is 0 Å². The van der Waals surface area contributed by atoms with Gasteiger partial charge in [0.2, 0.25) is 0 Å². The van der Waals surface area contributed by atoms with E-state index < -0.39 is 0 Å². The van der Waals surface area contributed by atoms with Gasteiger partial charge in [-0.05, 0) is 37.8 Å². The van der Waals surface area contributed by atoms with Crippen molar-refractivity contribution in [2.75, 3.05) is 13.1 Å². The third-order valence-electron chi connectivity index (χ3n) is 4.37. The second-order valence-electron chi connectivity index (χ2n) is 6.07. The lowest BCUT2D eigenvalue weighted by atomic mass is 9.96. The molecule has 23 heavy (non-hydrogen) atoms. The van der Waals surface area contributed by atoms with Crippen LogP contribution < -0.4 is 5.56 Å². The van der Waals surface area contributed by atoms with Crippen LogP contribution in [0.3, 0.4) is 0 Å². The average Bonchev–Trinajstić information content (AvgIpc) is 2.97. The van der Waals surface area contributed by atoms with Gasteiger partial charge in [-0.2, -0.15) is 10.2 Å². The van der Waals surface area contributed by atoms with Crippen molar-refractivity contribution < 1.29 is 4.79 Å². The summed E-state index contributed by atoms with van der Waals surface area (Å²) < 4.78 is 3.14. The summed E-state index contributed by atoms with van der Waals surface area (Å²) in [5, 5.41) is 8.33. The van der Waals surface area contributed by atoms with E-state index in [4.69, 9.17) is 0 Å². The highest BCUT2D eigenvalue weighted by atomic mass is 16.2. The monoisotopic (exact) mass is 315 g/mol. The standard InChI is InChI=1S/C16H21N5O2/c1-12-3-4-15(22)21(18-12)11-13-6-9-20(10-7-13)16(23)14-5-8-17-19(14)2/h3-5,8,13H,6-7,9-11H2,1-2H3. The van der Waals surface area contributed by atoms with E-state index in [2.05, 4.69) is 10.2 Å². The fourth-order valence-corrected chi connectivity index (χ4v) is 2.99. The Kier molecular flexibility index (Phi) is 4.27. The molecule has 122 valence electrons. The number of hydrogen-bond acceptors (Lipinski definition) is 4. The molecule has 1 aliphatic heterocycles. The summed E-state index contributed by atoms with van der Waals surface area (Å²) in [6, 6.07) is 5.03. The van der Waals surface area contributed by atoms with E-state index in [1.54, 1.807) is 40.8 Å². The molecule has 1 amide bonds. The number of nitrogens with zero attached hydrogens (tertiary/aromatic N) is 5. The summed E-state index contributed by atoms with van der Waals surface area (Å²) in [6.07, 6.45) is 3.40. The Balaban J connectivity index is 1.60. The minimum atomic E-state index is -0.0657. The Morgan fingerprint density at radius 2 is 2.00 bits per heavy atom.